The van der Waals surface area contributed by atoms with Crippen molar-refractivity contribution in [1.82, 2.24) is 0 Å². The molecule has 0 spiro atoms. The van der Waals surface area contributed by atoms with E-state index in [-0.39, 0.29) is 5.97 Å². The lowest BCUT2D eigenvalue weighted by atomic mass is 10.1. The molecule has 0 heterocycles. The number of hydrogen-bond donors (Lipinski definition) is 0. The minimum atomic E-state index is -0.180. The van der Waals surface area contributed by atoms with E-state index in [9.17, 15) is 9.59 Å². The lowest BCUT2D eigenvalue weighted by molar-refractivity contribution is -0.141. The number of carbonyl (C=O) groups excluding carboxylic acids is 2. The molecule has 3 nitrogen and oxygen atoms in total. The summed E-state index contributed by atoms with van der Waals surface area (Å²) in [5.41, 5.74) is 0. The van der Waals surface area contributed by atoms with E-state index in [0.717, 1.165) is 32.0 Å². The highest BCUT2D eigenvalue weighted by Gasteiger charge is 1.94. The van der Waals surface area contributed by atoms with Crippen LogP contribution in [0.3, 0.4) is 0 Å². The highest BCUT2D eigenvalue weighted by molar-refractivity contribution is 5.65. The summed E-state index contributed by atoms with van der Waals surface area (Å²) in [6, 6.07) is 0. The van der Waals surface area contributed by atoms with E-state index in [1.165, 1.54) is 45.4 Å². The number of unbranched alkanes of at least 4 members (excludes halogenated alkanes) is 9. The number of hydrogen-bond acceptors (Lipinski definition) is 3. The number of esters is 1. The first-order valence-corrected chi connectivity index (χ1v) is 6.84. The summed E-state index contributed by atoms with van der Waals surface area (Å²) in [7, 11) is 0. The molecule has 0 aromatic carbocycles. The Morgan fingerprint density at radius 2 is 1.35 bits per heavy atom. The van der Waals surface area contributed by atoms with E-state index in [4.69, 9.17) is 4.74 Å². The maximum Gasteiger partial charge on any atom is 0.302 e. The van der Waals surface area contributed by atoms with E-state index in [2.05, 4.69) is 0 Å². The topological polar surface area (TPSA) is 43.4 Å². The molecule has 0 saturated carbocycles. The maximum atomic E-state index is 10.5. The van der Waals surface area contributed by atoms with Crippen LogP contribution >= 0.6 is 0 Å². The standard InChI is InChI=1S/C14H26O3/c1-14(16)17-13-11-9-7-5-3-2-4-6-8-10-12-15/h12H,2-11,13H2,1H3. The lowest BCUT2D eigenvalue weighted by Crippen LogP contribution is -2.00. The van der Waals surface area contributed by atoms with Crippen molar-refractivity contribution in [3.8, 4) is 0 Å². The van der Waals surface area contributed by atoms with Crippen LogP contribution in [0.2, 0.25) is 0 Å². The summed E-state index contributed by atoms with van der Waals surface area (Å²) in [4.78, 5) is 20.6. The maximum absolute atomic E-state index is 10.5. The van der Waals surface area contributed by atoms with Crippen molar-refractivity contribution in [2.45, 2.75) is 71.1 Å². The fourth-order valence-corrected chi connectivity index (χ4v) is 1.78. The first kappa shape index (κ1) is 16.1. The molecule has 0 fully saturated rings. The average Bonchev–Trinajstić information content (AvgIpc) is 2.30. The van der Waals surface area contributed by atoms with Crippen molar-refractivity contribution < 1.29 is 14.3 Å². The van der Waals surface area contributed by atoms with Crippen LogP contribution in [0.4, 0.5) is 0 Å². The SMILES string of the molecule is CC(=O)OCCCCCCCCCCCC=O. The van der Waals surface area contributed by atoms with Gasteiger partial charge in [-0.1, -0.05) is 44.9 Å². The van der Waals surface area contributed by atoms with Gasteiger partial charge in [-0.3, -0.25) is 4.79 Å². The first-order valence-electron chi connectivity index (χ1n) is 6.84. The van der Waals surface area contributed by atoms with Gasteiger partial charge in [0.05, 0.1) is 6.61 Å². The summed E-state index contributed by atoms with van der Waals surface area (Å²) in [5, 5.41) is 0. The first-order chi connectivity index (χ1) is 8.27. The molecule has 0 aliphatic rings. The van der Waals surface area contributed by atoms with Crippen molar-refractivity contribution in [2.24, 2.45) is 0 Å². The minimum absolute atomic E-state index is 0.180. The van der Waals surface area contributed by atoms with Gasteiger partial charge in [-0.15, -0.1) is 0 Å². The molecule has 0 aliphatic heterocycles. The zero-order valence-electron chi connectivity index (χ0n) is 11.1. The Hall–Kier alpha value is -0.860. The highest BCUT2D eigenvalue weighted by Crippen LogP contribution is 2.10. The van der Waals surface area contributed by atoms with Gasteiger partial charge in [-0.2, -0.15) is 0 Å². The molecule has 0 atom stereocenters. The monoisotopic (exact) mass is 242 g/mol. The Kier molecular flexibility index (Phi) is 12.5. The van der Waals surface area contributed by atoms with Crippen LogP contribution in [0.15, 0.2) is 0 Å². The van der Waals surface area contributed by atoms with Crippen LogP contribution in [-0.4, -0.2) is 18.9 Å². The van der Waals surface area contributed by atoms with Crippen LogP contribution in [0.5, 0.6) is 0 Å². The molecule has 3 heteroatoms. The Balaban J connectivity index is 2.94. The molecule has 0 unspecified atom stereocenters. The third-order valence-electron chi connectivity index (χ3n) is 2.77. The highest BCUT2D eigenvalue weighted by atomic mass is 16.5. The summed E-state index contributed by atoms with van der Waals surface area (Å²) < 4.78 is 4.86. The molecule has 0 amide bonds. The van der Waals surface area contributed by atoms with Gasteiger partial charge < -0.3 is 9.53 Å². The second-order valence-corrected chi connectivity index (χ2v) is 4.48. The van der Waals surface area contributed by atoms with Crippen LogP contribution < -0.4 is 0 Å². The fourth-order valence-electron chi connectivity index (χ4n) is 1.78. The summed E-state index contributed by atoms with van der Waals surface area (Å²) >= 11 is 0. The van der Waals surface area contributed by atoms with Crippen molar-refractivity contribution in [3.05, 3.63) is 0 Å². The van der Waals surface area contributed by atoms with Gasteiger partial charge in [-0.05, 0) is 12.8 Å². The molecule has 0 aromatic rings. The third-order valence-corrected chi connectivity index (χ3v) is 2.77. The number of aldehydes is 1. The molecule has 0 aromatic heterocycles. The molecule has 0 rings (SSSR count). The average molecular weight is 242 g/mol. The van der Waals surface area contributed by atoms with Crippen molar-refractivity contribution in [3.63, 3.8) is 0 Å². The Morgan fingerprint density at radius 3 is 1.82 bits per heavy atom. The molecule has 0 aliphatic carbocycles. The molecule has 17 heavy (non-hydrogen) atoms. The quantitative estimate of drug-likeness (QED) is 0.298. The summed E-state index contributed by atoms with van der Waals surface area (Å²) in [6.45, 7) is 2.02. The predicted octanol–water partition coefficient (Wildman–Crippen LogP) is 3.65. The van der Waals surface area contributed by atoms with Gasteiger partial charge in [0.1, 0.15) is 6.29 Å². The van der Waals surface area contributed by atoms with Gasteiger partial charge in [0, 0.05) is 13.3 Å². The van der Waals surface area contributed by atoms with Crippen molar-refractivity contribution in [2.75, 3.05) is 6.61 Å². The van der Waals surface area contributed by atoms with Crippen molar-refractivity contribution in [1.29, 1.82) is 0 Å². The second-order valence-electron chi connectivity index (χ2n) is 4.48. The van der Waals surface area contributed by atoms with E-state index in [1.807, 2.05) is 0 Å². The molecular weight excluding hydrogens is 216 g/mol. The van der Waals surface area contributed by atoms with E-state index in [0.29, 0.717) is 6.61 Å². The van der Waals surface area contributed by atoms with E-state index in [1.54, 1.807) is 0 Å². The molecule has 0 saturated heterocycles. The largest absolute Gasteiger partial charge is 0.466 e. The molecule has 0 radical (unpaired) electrons. The summed E-state index contributed by atoms with van der Waals surface area (Å²) in [5.74, 6) is -0.180. The predicted molar refractivity (Wildman–Crippen MR) is 68.9 cm³/mol. The Labute approximate surface area is 105 Å². The van der Waals surface area contributed by atoms with Gasteiger partial charge >= 0.3 is 5.97 Å². The molecule has 0 bridgehead atoms. The van der Waals surface area contributed by atoms with E-state index >= 15 is 0 Å². The molecule has 0 N–H and O–H groups in total. The van der Waals surface area contributed by atoms with Gasteiger partial charge in [-0.25, -0.2) is 0 Å². The van der Waals surface area contributed by atoms with Gasteiger partial charge in [0.2, 0.25) is 0 Å². The second kappa shape index (κ2) is 13.2. The minimum Gasteiger partial charge on any atom is -0.466 e. The molecular formula is C14H26O3. The van der Waals surface area contributed by atoms with Gasteiger partial charge in [0.15, 0.2) is 0 Å². The molecule has 100 valence electrons. The van der Waals surface area contributed by atoms with Crippen LogP contribution in [0.1, 0.15) is 71.1 Å². The Morgan fingerprint density at radius 1 is 0.882 bits per heavy atom. The lowest BCUT2D eigenvalue weighted by Gasteiger charge is -2.02. The normalized spacial score (nSPS) is 10.2. The Bertz CT molecular complexity index is 190. The number of ether oxygens (including phenoxy) is 1. The summed E-state index contributed by atoms with van der Waals surface area (Å²) in [6.07, 6.45) is 12.4. The smallest absolute Gasteiger partial charge is 0.302 e. The van der Waals surface area contributed by atoms with E-state index < -0.39 is 0 Å². The van der Waals surface area contributed by atoms with Gasteiger partial charge in [0.25, 0.3) is 0 Å². The third kappa shape index (κ3) is 15.1. The zero-order chi connectivity index (χ0) is 12.8. The van der Waals surface area contributed by atoms with Crippen molar-refractivity contribution >= 4 is 12.3 Å². The van der Waals surface area contributed by atoms with Crippen LogP contribution in [0.25, 0.3) is 0 Å². The van der Waals surface area contributed by atoms with Crippen LogP contribution in [0, 0.1) is 0 Å². The number of rotatable bonds is 12. The fraction of sp³-hybridized carbons (Fsp3) is 0.857. The van der Waals surface area contributed by atoms with Crippen LogP contribution in [-0.2, 0) is 14.3 Å². The number of carbonyl (C=O) groups is 2. The zero-order valence-corrected chi connectivity index (χ0v) is 11.1.